The minimum Gasteiger partial charge on any atom is -0.497 e. The molecule has 2 aromatic carbocycles. The van der Waals surface area contributed by atoms with E-state index in [1.165, 1.54) is 12.6 Å². The monoisotopic (exact) mass is 446 g/mol. The summed E-state index contributed by atoms with van der Waals surface area (Å²) in [6, 6.07) is 17.2. The van der Waals surface area contributed by atoms with Crippen LogP contribution in [0.3, 0.4) is 0 Å². The number of amides is 2. The molecule has 8 heteroatoms. The van der Waals surface area contributed by atoms with Crippen LogP contribution in [0.15, 0.2) is 59.8 Å². The molecule has 0 spiro atoms. The lowest BCUT2D eigenvalue weighted by molar-refractivity contribution is -0.466. The average Bonchev–Trinajstić information content (AvgIpc) is 3.68. The van der Waals surface area contributed by atoms with Crippen LogP contribution in [0.25, 0.3) is 11.1 Å². The molecular formula is C25H28N5O3+. The first-order chi connectivity index (χ1) is 16.0. The molecule has 0 atom stereocenters. The number of nitrogens with two attached hydrogens (primary N) is 1. The number of ether oxygens (including phenoxy) is 2. The molecule has 1 aliphatic carbocycles. The van der Waals surface area contributed by atoms with E-state index in [4.69, 9.17) is 15.3 Å². The molecule has 1 fully saturated rings. The third kappa shape index (κ3) is 5.11. The zero-order chi connectivity index (χ0) is 23.4. The Kier molecular flexibility index (Phi) is 6.53. The van der Waals surface area contributed by atoms with Crippen molar-refractivity contribution in [3.63, 3.8) is 0 Å². The first-order valence-corrected chi connectivity index (χ1v) is 10.8. The van der Waals surface area contributed by atoms with Gasteiger partial charge in [-0.25, -0.2) is 20.9 Å². The number of nitrogens with one attached hydrogen (secondary N) is 1. The van der Waals surface area contributed by atoms with Crippen molar-refractivity contribution >= 4 is 11.7 Å². The molecule has 0 radical (unpaired) electrons. The Morgan fingerprint density at radius 3 is 2.58 bits per heavy atom. The zero-order valence-electron chi connectivity index (χ0n) is 19.0. The third-order valence-electron chi connectivity index (χ3n) is 5.76. The Morgan fingerprint density at radius 2 is 1.94 bits per heavy atom. The highest BCUT2D eigenvalue weighted by Crippen LogP contribution is 2.43. The molecule has 8 nitrogen and oxygen atoms in total. The maximum absolute atomic E-state index is 12.3. The molecule has 0 aliphatic heterocycles. The quantitative estimate of drug-likeness (QED) is 0.230. The number of carbonyl (C=O) groups excluding carboxylic acids is 1. The van der Waals surface area contributed by atoms with Crippen molar-refractivity contribution in [3.8, 4) is 22.8 Å². The summed E-state index contributed by atoms with van der Waals surface area (Å²) in [5, 5.41) is 6.28. The molecule has 2 amide bonds. The van der Waals surface area contributed by atoms with E-state index in [9.17, 15) is 4.79 Å². The van der Waals surface area contributed by atoms with E-state index >= 15 is 0 Å². The SMILES string of the molecule is COc1ccc(-c2ccc(OCc3c(NC(=O)/[N+](C)=N\N)cccc3C3CC3)nc2C)cc1. The fourth-order valence-corrected chi connectivity index (χ4v) is 3.75. The van der Waals surface area contributed by atoms with Gasteiger partial charge in [0, 0.05) is 28.1 Å². The number of pyridine rings is 1. The fraction of sp³-hybridized carbons (Fsp3) is 0.280. The predicted octanol–water partition coefficient (Wildman–Crippen LogP) is 5.02. The van der Waals surface area contributed by atoms with Gasteiger partial charge in [-0.05, 0) is 61.1 Å². The summed E-state index contributed by atoms with van der Waals surface area (Å²) in [5.41, 5.74) is 5.78. The lowest BCUT2D eigenvalue weighted by Crippen LogP contribution is -2.24. The number of aromatic nitrogens is 1. The zero-order valence-corrected chi connectivity index (χ0v) is 19.0. The smallest absolute Gasteiger partial charge is 0.459 e. The maximum atomic E-state index is 12.3. The van der Waals surface area contributed by atoms with Gasteiger partial charge in [0.25, 0.3) is 0 Å². The predicted molar refractivity (Wildman–Crippen MR) is 126 cm³/mol. The van der Waals surface area contributed by atoms with Gasteiger partial charge in [0.1, 0.15) is 18.0 Å². The van der Waals surface area contributed by atoms with Crippen molar-refractivity contribution in [2.24, 2.45) is 11.1 Å². The number of nitrogens with zero attached hydrogens (tertiary/aromatic N) is 3. The van der Waals surface area contributed by atoms with Crippen LogP contribution in [-0.2, 0) is 6.61 Å². The molecule has 3 aromatic rings. The van der Waals surface area contributed by atoms with E-state index in [0.29, 0.717) is 24.1 Å². The van der Waals surface area contributed by atoms with Gasteiger partial charge in [0.15, 0.2) is 0 Å². The van der Waals surface area contributed by atoms with Crippen molar-refractivity contribution in [1.82, 2.24) is 4.98 Å². The van der Waals surface area contributed by atoms with Gasteiger partial charge in [0.2, 0.25) is 5.88 Å². The van der Waals surface area contributed by atoms with E-state index in [2.05, 4.69) is 21.6 Å². The number of carbonyl (C=O) groups is 1. The van der Waals surface area contributed by atoms with E-state index in [0.717, 1.165) is 45.7 Å². The van der Waals surface area contributed by atoms with Gasteiger partial charge in [-0.2, -0.15) is 0 Å². The van der Waals surface area contributed by atoms with E-state index < -0.39 is 6.03 Å². The third-order valence-corrected chi connectivity index (χ3v) is 5.76. The molecule has 1 aliphatic rings. The summed E-state index contributed by atoms with van der Waals surface area (Å²) < 4.78 is 12.4. The number of urea groups is 1. The van der Waals surface area contributed by atoms with Gasteiger partial charge < -0.3 is 9.47 Å². The Hall–Kier alpha value is -3.94. The Balaban J connectivity index is 1.54. The summed E-state index contributed by atoms with van der Waals surface area (Å²) in [7, 11) is 3.14. The second kappa shape index (κ2) is 9.68. The van der Waals surface area contributed by atoms with E-state index in [-0.39, 0.29) is 0 Å². The van der Waals surface area contributed by atoms with Crippen molar-refractivity contribution in [2.45, 2.75) is 32.3 Å². The van der Waals surface area contributed by atoms with Gasteiger partial charge in [0.05, 0.1) is 14.2 Å². The second-order valence-corrected chi connectivity index (χ2v) is 8.02. The Labute approximate surface area is 193 Å². The van der Waals surface area contributed by atoms with Crippen LogP contribution in [0.1, 0.15) is 35.6 Å². The summed E-state index contributed by atoms with van der Waals surface area (Å²) in [6.45, 7) is 2.25. The number of hydrogen-bond acceptors (Lipinski definition) is 5. The van der Waals surface area contributed by atoms with Crippen molar-refractivity contribution in [3.05, 3.63) is 71.4 Å². The first kappa shape index (κ1) is 22.3. The van der Waals surface area contributed by atoms with Crippen LogP contribution in [0.4, 0.5) is 10.5 Å². The molecule has 33 heavy (non-hydrogen) atoms. The molecule has 1 heterocycles. The van der Waals surface area contributed by atoms with Crippen molar-refractivity contribution < 1.29 is 19.0 Å². The molecule has 0 saturated heterocycles. The molecule has 4 rings (SSSR count). The number of aryl methyl sites for hydroxylation is 1. The molecule has 0 unspecified atom stereocenters. The van der Waals surface area contributed by atoms with Crippen molar-refractivity contribution in [2.75, 3.05) is 19.5 Å². The molecule has 1 saturated carbocycles. The second-order valence-electron chi connectivity index (χ2n) is 8.02. The Morgan fingerprint density at radius 1 is 1.18 bits per heavy atom. The number of anilines is 1. The molecule has 0 bridgehead atoms. The lowest BCUT2D eigenvalue weighted by atomic mass is 10.0. The summed E-state index contributed by atoms with van der Waals surface area (Å²) in [5.74, 6) is 7.05. The molecule has 1 aromatic heterocycles. The van der Waals surface area contributed by atoms with Crippen LogP contribution in [0.5, 0.6) is 11.6 Å². The van der Waals surface area contributed by atoms with Crippen LogP contribution >= 0.6 is 0 Å². The summed E-state index contributed by atoms with van der Waals surface area (Å²) in [4.78, 5) is 17.0. The minimum absolute atomic E-state index is 0.292. The highest BCUT2D eigenvalue weighted by molar-refractivity contribution is 5.84. The number of benzene rings is 2. The standard InChI is InChI=1S/C25H27N5O3/c1-16-20(17-9-11-19(32-3)12-10-17)13-14-24(27-16)33-15-22-21(18-7-8-18)5-4-6-23(22)28-25(31)30(2)29-26/h4-6,9-14,18,26H,7-8,15H2,1-3H3,(H,28,31)/p+1. The maximum Gasteiger partial charge on any atom is 0.459 e. The molecular weight excluding hydrogens is 418 g/mol. The van der Waals surface area contributed by atoms with Gasteiger partial charge in [-0.15, -0.1) is 4.70 Å². The summed E-state index contributed by atoms with van der Waals surface area (Å²) in [6.07, 6.45) is 2.27. The van der Waals surface area contributed by atoms with Gasteiger partial charge >= 0.3 is 6.03 Å². The number of rotatable bonds is 7. The van der Waals surface area contributed by atoms with Crippen LogP contribution < -0.4 is 20.6 Å². The van der Waals surface area contributed by atoms with E-state index in [1.807, 2.05) is 55.5 Å². The largest absolute Gasteiger partial charge is 0.497 e. The van der Waals surface area contributed by atoms with Crippen LogP contribution in [0.2, 0.25) is 0 Å². The highest BCUT2D eigenvalue weighted by atomic mass is 16.5. The lowest BCUT2D eigenvalue weighted by Gasteiger charge is -2.15. The Bertz CT molecular complexity index is 1190. The topological polar surface area (TPSA) is 102 Å². The molecule has 170 valence electrons. The highest BCUT2D eigenvalue weighted by Gasteiger charge is 2.28. The normalized spacial score (nSPS) is 13.5. The van der Waals surface area contributed by atoms with Crippen LogP contribution in [0, 0.1) is 6.92 Å². The average molecular weight is 447 g/mol. The fourth-order valence-electron chi connectivity index (χ4n) is 3.75. The van der Waals surface area contributed by atoms with Crippen molar-refractivity contribution in [1.29, 1.82) is 0 Å². The molecule has 3 N–H and O–H groups in total. The minimum atomic E-state index is -0.412. The number of methoxy groups -OCH3 is 1. The number of hydrogen-bond donors (Lipinski definition) is 2. The van der Waals surface area contributed by atoms with Gasteiger partial charge in [-0.3, -0.25) is 0 Å². The van der Waals surface area contributed by atoms with E-state index in [1.54, 1.807) is 7.11 Å². The van der Waals surface area contributed by atoms with Gasteiger partial charge in [-0.1, -0.05) is 24.3 Å². The summed E-state index contributed by atoms with van der Waals surface area (Å²) >= 11 is 0. The van der Waals surface area contributed by atoms with Crippen LogP contribution in [-0.4, -0.2) is 29.9 Å². The first-order valence-electron chi connectivity index (χ1n) is 10.8.